The molecular weight excluding hydrogens is 608 g/mol. The van der Waals surface area contributed by atoms with Gasteiger partial charge in [-0.1, -0.05) is 66.7 Å². The molecular formula is C36H42N8O4. The molecule has 4 N–H and O–H groups in total. The summed E-state index contributed by atoms with van der Waals surface area (Å²) in [4.78, 5) is 21.4. The topological polar surface area (TPSA) is 143 Å². The van der Waals surface area contributed by atoms with E-state index in [4.69, 9.17) is 19.4 Å². The first-order valence-electron chi connectivity index (χ1n) is 16.6. The number of aromatic nitrogens is 5. The molecule has 0 bridgehead atoms. The molecule has 250 valence electrons. The van der Waals surface area contributed by atoms with Crippen molar-refractivity contribution < 1.29 is 19.7 Å². The highest BCUT2D eigenvalue weighted by molar-refractivity contribution is 5.83. The molecule has 12 heteroatoms. The van der Waals surface area contributed by atoms with E-state index in [-0.39, 0.29) is 12.5 Å². The average Bonchev–Trinajstić information content (AvgIpc) is 3.69. The minimum atomic E-state index is -1.18. The summed E-state index contributed by atoms with van der Waals surface area (Å²) >= 11 is 0. The number of benzene rings is 2. The van der Waals surface area contributed by atoms with Crippen molar-refractivity contribution in [3.63, 3.8) is 0 Å². The third kappa shape index (κ3) is 6.89. The quantitative estimate of drug-likeness (QED) is 0.158. The second-order valence-electron chi connectivity index (χ2n) is 12.4. The lowest BCUT2D eigenvalue weighted by Gasteiger charge is -2.33. The van der Waals surface area contributed by atoms with Crippen molar-refractivity contribution in [1.29, 1.82) is 0 Å². The maximum Gasteiger partial charge on any atom is 0.168 e. The van der Waals surface area contributed by atoms with Crippen LogP contribution in [0.1, 0.15) is 41.9 Å². The zero-order chi connectivity index (χ0) is 32.9. The van der Waals surface area contributed by atoms with Gasteiger partial charge in [0, 0.05) is 44.9 Å². The molecule has 2 fully saturated rings. The van der Waals surface area contributed by atoms with Gasteiger partial charge in [-0.3, -0.25) is 4.57 Å². The lowest BCUT2D eigenvalue weighted by molar-refractivity contribution is -0.0580. The summed E-state index contributed by atoms with van der Waals surface area (Å²) in [5.74, 6) is 2.26. The fourth-order valence-electron chi connectivity index (χ4n) is 6.70. The van der Waals surface area contributed by atoms with Crippen molar-refractivity contribution in [2.45, 2.75) is 55.9 Å². The lowest BCUT2D eigenvalue weighted by Crippen LogP contribution is -2.42. The predicted octanol–water partition coefficient (Wildman–Crippen LogP) is 3.49. The van der Waals surface area contributed by atoms with E-state index in [9.17, 15) is 10.2 Å². The van der Waals surface area contributed by atoms with Crippen LogP contribution in [0.5, 0.6) is 0 Å². The van der Waals surface area contributed by atoms with Gasteiger partial charge < -0.3 is 35.2 Å². The normalized spacial score (nSPS) is 21.7. The van der Waals surface area contributed by atoms with Gasteiger partial charge >= 0.3 is 0 Å². The fourth-order valence-corrected chi connectivity index (χ4v) is 6.70. The standard InChI is InChI=1S/C36H42N8O4/c1-47-22-28-32(45)33(46)36(48-28)44-23-40-31-34(39-20-27(24-10-4-2-5-11-24)25-12-6-3-7-13-25)41-29(42-35(31)44)21-38-26-15-18-43(19-16-26)30-14-8-9-17-37-30/h2-14,17,23,26-28,32-33,36,38,45-46H,15-16,18-22H2,1H3,(H,39,41,42). The Balaban J connectivity index is 1.15. The number of piperidine rings is 1. The van der Waals surface area contributed by atoms with Crippen LogP contribution in [0.25, 0.3) is 11.2 Å². The van der Waals surface area contributed by atoms with Gasteiger partial charge in [-0.15, -0.1) is 0 Å². The SMILES string of the molecule is COCC1OC(n2cnc3c(NCC(c4ccccc4)c4ccccc4)nc(CNC4CCN(c5ccccn5)CC4)nc32)C(O)C1O. The number of nitrogens with zero attached hydrogens (tertiary/aromatic N) is 6. The van der Waals surface area contributed by atoms with Gasteiger partial charge in [0.25, 0.3) is 0 Å². The summed E-state index contributed by atoms with van der Waals surface area (Å²) in [7, 11) is 1.54. The molecule has 12 nitrogen and oxygen atoms in total. The number of aliphatic hydroxyl groups is 2. The second kappa shape index (κ2) is 14.8. The van der Waals surface area contributed by atoms with E-state index in [2.05, 4.69) is 80.1 Å². The molecule has 2 aliphatic rings. The molecule has 2 aromatic carbocycles. The molecule has 0 spiro atoms. The molecule has 7 rings (SSSR count). The van der Waals surface area contributed by atoms with Gasteiger partial charge in [0.05, 0.1) is 19.5 Å². The third-order valence-electron chi connectivity index (χ3n) is 9.30. The van der Waals surface area contributed by atoms with E-state index >= 15 is 0 Å². The van der Waals surface area contributed by atoms with Gasteiger partial charge in [-0.2, -0.15) is 0 Å². The summed E-state index contributed by atoms with van der Waals surface area (Å²) in [6, 6.07) is 27.1. The molecule has 4 unspecified atom stereocenters. The Kier molecular flexibility index (Phi) is 9.87. The van der Waals surface area contributed by atoms with Crippen LogP contribution in [0.2, 0.25) is 0 Å². The number of methoxy groups -OCH3 is 1. The molecule has 48 heavy (non-hydrogen) atoms. The molecule has 2 saturated heterocycles. The average molecular weight is 651 g/mol. The molecule has 5 heterocycles. The van der Waals surface area contributed by atoms with Gasteiger partial charge in [0.15, 0.2) is 23.2 Å². The van der Waals surface area contributed by atoms with Crippen molar-refractivity contribution in [3.05, 3.63) is 108 Å². The molecule has 0 radical (unpaired) electrons. The smallest absolute Gasteiger partial charge is 0.168 e. The van der Waals surface area contributed by atoms with Crippen molar-refractivity contribution >= 4 is 22.8 Å². The first-order valence-corrected chi connectivity index (χ1v) is 16.6. The number of aliphatic hydroxyl groups excluding tert-OH is 2. The Hall–Kier alpha value is -4.46. The maximum atomic E-state index is 11.0. The van der Waals surface area contributed by atoms with Crippen LogP contribution in [-0.4, -0.2) is 92.4 Å². The number of fused-ring (bicyclic) bond motifs is 1. The maximum absolute atomic E-state index is 11.0. The largest absolute Gasteiger partial charge is 0.387 e. The summed E-state index contributed by atoms with van der Waals surface area (Å²) in [6.07, 6.45) is 1.52. The zero-order valence-electron chi connectivity index (χ0n) is 27.0. The van der Waals surface area contributed by atoms with E-state index in [1.54, 1.807) is 10.9 Å². The van der Waals surface area contributed by atoms with E-state index in [1.165, 1.54) is 18.2 Å². The number of hydrogen-bond donors (Lipinski definition) is 4. The van der Waals surface area contributed by atoms with Gasteiger partial charge in [0.2, 0.25) is 0 Å². The minimum Gasteiger partial charge on any atom is -0.387 e. The minimum absolute atomic E-state index is 0.0651. The first kappa shape index (κ1) is 32.1. The lowest BCUT2D eigenvalue weighted by atomic mass is 9.91. The predicted molar refractivity (Wildman–Crippen MR) is 183 cm³/mol. The first-order chi connectivity index (χ1) is 23.6. The van der Waals surface area contributed by atoms with E-state index < -0.39 is 24.5 Å². The number of rotatable bonds is 12. The fraction of sp³-hybridized carbons (Fsp3) is 0.389. The van der Waals surface area contributed by atoms with Gasteiger partial charge in [-0.25, -0.2) is 19.9 Å². The monoisotopic (exact) mass is 650 g/mol. The summed E-state index contributed by atoms with van der Waals surface area (Å²) < 4.78 is 13.0. The van der Waals surface area contributed by atoms with Gasteiger partial charge in [0.1, 0.15) is 30.0 Å². The Bertz CT molecular complexity index is 1710. The van der Waals surface area contributed by atoms with Crippen molar-refractivity contribution in [1.82, 2.24) is 29.8 Å². The van der Waals surface area contributed by atoms with Crippen LogP contribution < -0.4 is 15.5 Å². The van der Waals surface area contributed by atoms with Crippen molar-refractivity contribution in [2.24, 2.45) is 0 Å². The zero-order valence-corrected chi connectivity index (χ0v) is 27.0. The van der Waals surface area contributed by atoms with Crippen LogP contribution in [0.4, 0.5) is 11.6 Å². The summed E-state index contributed by atoms with van der Waals surface area (Å²) in [5, 5.41) is 28.9. The molecule has 3 aromatic heterocycles. The molecule has 0 saturated carbocycles. The van der Waals surface area contributed by atoms with Crippen LogP contribution in [0.3, 0.4) is 0 Å². The van der Waals surface area contributed by atoms with Crippen LogP contribution in [0.15, 0.2) is 91.4 Å². The van der Waals surface area contributed by atoms with E-state index in [0.717, 1.165) is 31.7 Å². The Morgan fingerprint density at radius 2 is 1.60 bits per heavy atom. The third-order valence-corrected chi connectivity index (χ3v) is 9.30. The van der Waals surface area contributed by atoms with Crippen LogP contribution in [-0.2, 0) is 16.0 Å². The molecule has 0 aliphatic carbocycles. The molecule has 2 aliphatic heterocycles. The highest BCUT2D eigenvalue weighted by Gasteiger charge is 2.44. The van der Waals surface area contributed by atoms with Crippen LogP contribution >= 0.6 is 0 Å². The Morgan fingerprint density at radius 1 is 0.896 bits per heavy atom. The number of ether oxygens (including phenoxy) is 2. The van der Waals surface area contributed by atoms with Crippen molar-refractivity contribution in [3.8, 4) is 0 Å². The number of hydrogen-bond acceptors (Lipinski definition) is 11. The number of nitrogens with one attached hydrogen (secondary N) is 2. The molecule has 4 atom stereocenters. The van der Waals surface area contributed by atoms with E-state index in [0.29, 0.717) is 41.9 Å². The van der Waals surface area contributed by atoms with Crippen molar-refractivity contribution in [2.75, 3.05) is 43.6 Å². The Morgan fingerprint density at radius 3 is 2.27 bits per heavy atom. The van der Waals surface area contributed by atoms with Crippen LogP contribution in [0, 0.1) is 0 Å². The van der Waals surface area contributed by atoms with Gasteiger partial charge in [-0.05, 0) is 36.1 Å². The molecule has 0 amide bonds. The number of anilines is 2. The number of imidazole rings is 1. The summed E-state index contributed by atoms with van der Waals surface area (Å²) in [5.41, 5.74) is 3.44. The molecule has 5 aromatic rings. The number of pyridine rings is 1. The highest BCUT2D eigenvalue weighted by atomic mass is 16.6. The Labute approximate surface area is 279 Å². The van der Waals surface area contributed by atoms with E-state index in [1.807, 2.05) is 30.5 Å². The highest BCUT2D eigenvalue weighted by Crippen LogP contribution is 2.33. The summed E-state index contributed by atoms with van der Waals surface area (Å²) in [6.45, 7) is 3.00. The second-order valence-corrected chi connectivity index (χ2v) is 12.4.